The second-order valence-corrected chi connectivity index (χ2v) is 8.54. The van der Waals surface area contributed by atoms with Gasteiger partial charge < -0.3 is 30.7 Å². The smallest absolute Gasteiger partial charge is 0.323 e. The molecule has 0 aliphatic carbocycles. The van der Waals surface area contributed by atoms with Gasteiger partial charge in [-0.25, -0.2) is 9.59 Å². The molecule has 14 nitrogen and oxygen atoms in total. The summed E-state index contributed by atoms with van der Waals surface area (Å²) in [5, 5.41) is 32.6. The van der Waals surface area contributed by atoms with Crippen LogP contribution in [0.5, 0.6) is 11.5 Å². The molecule has 0 bridgehead atoms. The van der Waals surface area contributed by atoms with Crippen molar-refractivity contribution in [2.75, 3.05) is 35.5 Å². The first-order valence-corrected chi connectivity index (χ1v) is 12.2. The Morgan fingerprint density at radius 3 is 1.29 bits per heavy atom. The maximum atomic E-state index is 12.6. The van der Waals surface area contributed by atoms with Gasteiger partial charge in [0.25, 0.3) is 11.4 Å². The molecule has 0 saturated heterocycles. The molecular formula is C28H24N6O8. The van der Waals surface area contributed by atoms with Crippen LogP contribution >= 0.6 is 0 Å². The molecule has 0 fully saturated rings. The quantitative estimate of drug-likeness (QED) is 0.130. The number of para-hydroxylation sites is 4. The maximum absolute atomic E-state index is 12.6. The van der Waals surface area contributed by atoms with Crippen molar-refractivity contribution in [2.45, 2.75) is 0 Å². The van der Waals surface area contributed by atoms with E-state index in [-0.39, 0.29) is 22.7 Å². The second kappa shape index (κ2) is 12.8. The summed E-state index contributed by atoms with van der Waals surface area (Å²) < 4.78 is 10.9. The highest BCUT2D eigenvalue weighted by Crippen LogP contribution is 2.35. The first-order valence-electron chi connectivity index (χ1n) is 12.2. The van der Waals surface area contributed by atoms with E-state index < -0.39 is 21.9 Å². The molecule has 4 aromatic rings. The standard InChI is InChI=1S/C28H24N6O8/c1-41-25-15-17(11-13-21(25)31-27(35)29-19-7-3-5-9-23(19)33(37)38)18-12-14-22(26(16-18)42-2)32-28(36)30-20-8-4-6-10-24(20)34(39)40/h3-16H,1-2H3,(H2,29,31,35)(H2,30,32,36). The summed E-state index contributed by atoms with van der Waals surface area (Å²) in [6.45, 7) is 0. The Balaban J connectivity index is 1.49. The molecule has 0 aliphatic rings. The number of nitro benzene ring substituents is 2. The molecule has 4 rings (SSSR count). The van der Waals surface area contributed by atoms with Crippen LogP contribution in [0.3, 0.4) is 0 Å². The summed E-state index contributed by atoms with van der Waals surface area (Å²) in [6.07, 6.45) is 0. The average Bonchev–Trinajstić information content (AvgIpc) is 2.97. The predicted octanol–water partition coefficient (Wildman–Crippen LogP) is 6.48. The number of carbonyl (C=O) groups excluding carboxylic acids is 2. The largest absolute Gasteiger partial charge is 0.495 e. The predicted molar refractivity (Wildman–Crippen MR) is 156 cm³/mol. The van der Waals surface area contributed by atoms with Crippen LogP contribution in [-0.2, 0) is 0 Å². The summed E-state index contributed by atoms with van der Waals surface area (Å²) in [5.41, 5.74) is 1.57. The van der Waals surface area contributed by atoms with E-state index in [0.717, 1.165) is 0 Å². The highest BCUT2D eigenvalue weighted by atomic mass is 16.6. The van der Waals surface area contributed by atoms with Crippen molar-refractivity contribution in [1.82, 2.24) is 0 Å². The van der Waals surface area contributed by atoms with Crippen molar-refractivity contribution >= 4 is 46.2 Å². The maximum Gasteiger partial charge on any atom is 0.323 e. The molecule has 0 unspecified atom stereocenters. The lowest BCUT2D eigenvalue weighted by Crippen LogP contribution is -2.20. The number of amides is 4. The molecule has 0 heterocycles. The van der Waals surface area contributed by atoms with Crippen molar-refractivity contribution in [1.29, 1.82) is 0 Å². The Labute approximate surface area is 238 Å². The van der Waals surface area contributed by atoms with Crippen LogP contribution in [-0.4, -0.2) is 36.1 Å². The SMILES string of the molecule is COc1cc(-c2ccc(NC(=O)Nc3ccccc3[N+](=O)[O-])c(OC)c2)ccc1NC(=O)Nc1ccccc1[N+](=O)[O-]. The molecule has 4 aromatic carbocycles. The number of nitrogens with one attached hydrogen (secondary N) is 4. The van der Waals surface area contributed by atoms with Gasteiger partial charge in [-0.05, 0) is 47.5 Å². The highest BCUT2D eigenvalue weighted by Gasteiger charge is 2.18. The zero-order valence-corrected chi connectivity index (χ0v) is 22.2. The average molecular weight is 573 g/mol. The number of methoxy groups -OCH3 is 2. The highest BCUT2D eigenvalue weighted by molar-refractivity contribution is 6.03. The van der Waals surface area contributed by atoms with Gasteiger partial charge in [0.1, 0.15) is 22.9 Å². The number of hydrogen-bond donors (Lipinski definition) is 4. The fraction of sp³-hybridized carbons (Fsp3) is 0.0714. The first-order chi connectivity index (χ1) is 20.2. The number of ether oxygens (including phenoxy) is 2. The Morgan fingerprint density at radius 1 is 0.571 bits per heavy atom. The van der Waals surface area contributed by atoms with Gasteiger partial charge in [-0.15, -0.1) is 0 Å². The second-order valence-electron chi connectivity index (χ2n) is 8.54. The van der Waals surface area contributed by atoms with Crippen LogP contribution in [0.1, 0.15) is 0 Å². The molecular weight excluding hydrogens is 548 g/mol. The Morgan fingerprint density at radius 2 is 0.929 bits per heavy atom. The molecule has 214 valence electrons. The zero-order chi connectivity index (χ0) is 30.2. The molecule has 14 heteroatoms. The third-order valence-corrected chi connectivity index (χ3v) is 5.93. The molecule has 0 aliphatic heterocycles. The minimum atomic E-state index is -0.702. The van der Waals surface area contributed by atoms with E-state index in [1.165, 1.54) is 50.6 Å². The minimum absolute atomic E-state index is 0.0343. The summed E-state index contributed by atoms with van der Waals surface area (Å²) in [5.74, 6) is 0.630. The van der Waals surface area contributed by atoms with Gasteiger partial charge in [-0.1, -0.05) is 36.4 Å². The van der Waals surface area contributed by atoms with Crippen LogP contribution in [0, 0.1) is 20.2 Å². The van der Waals surface area contributed by atoms with Gasteiger partial charge >= 0.3 is 12.1 Å². The first kappa shape index (κ1) is 28.8. The molecule has 0 atom stereocenters. The summed E-state index contributed by atoms with van der Waals surface area (Å²) in [6, 6.07) is 20.1. The summed E-state index contributed by atoms with van der Waals surface area (Å²) >= 11 is 0. The lowest BCUT2D eigenvalue weighted by molar-refractivity contribution is -0.384. The van der Waals surface area contributed by atoms with Crippen LogP contribution in [0.15, 0.2) is 84.9 Å². The number of carbonyl (C=O) groups is 2. The Hall–Kier alpha value is -6.18. The minimum Gasteiger partial charge on any atom is -0.495 e. The summed E-state index contributed by atoms with van der Waals surface area (Å²) in [7, 11) is 2.85. The van der Waals surface area contributed by atoms with E-state index in [9.17, 15) is 29.8 Å². The molecule has 0 spiro atoms. The Bertz CT molecular complexity index is 1550. The summed E-state index contributed by atoms with van der Waals surface area (Å²) in [4.78, 5) is 46.4. The van der Waals surface area contributed by atoms with Gasteiger partial charge in [-0.3, -0.25) is 20.2 Å². The van der Waals surface area contributed by atoms with Crippen LogP contribution in [0.25, 0.3) is 11.1 Å². The normalized spacial score (nSPS) is 10.2. The molecule has 0 saturated carbocycles. The number of anilines is 4. The third-order valence-electron chi connectivity index (χ3n) is 5.93. The Kier molecular flexibility index (Phi) is 8.77. The molecule has 0 radical (unpaired) electrons. The van der Waals surface area contributed by atoms with Gasteiger partial charge in [0, 0.05) is 12.1 Å². The lowest BCUT2D eigenvalue weighted by Gasteiger charge is -2.15. The topological polar surface area (TPSA) is 187 Å². The van der Waals surface area contributed by atoms with Crippen LogP contribution in [0.4, 0.5) is 43.7 Å². The van der Waals surface area contributed by atoms with E-state index in [0.29, 0.717) is 34.0 Å². The van der Waals surface area contributed by atoms with Gasteiger partial charge in [0.2, 0.25) is 0 Å². The van der Waals surface area contributed by atoms with Crippen LogP contribution in [0.2, 0.25) is 0 Å². The van der Waals surface area contributed by atoms with Gasteiger partial charge in [0.05, 0.1) is 35.4 Å². The molecule has 4 amide bonds. The molecule has 4 N–H and O–H groups in total. The fourth-order valence-electron chi connectivity index (χ4n) is 3.98. The molecule has 0 aromatic heterocycles. The van der Waals surface area contributed by atoms with Crippen LogP contribution < -0.4 is 30.7 Å². The van der Waals surface area contributed by atoms with Crippen molar-refractivity contribution in [3.63, 3.8) is 0 Å². The molecule has 42 heavy (non-hydrogen) atoms. The van der Waals surface area contributed by atoms with Crippen molar-refractivity contribution in [3.8, 4) is 22.6 Å². The van der Waals surface area contributed by atoms with Crippen molar-refractivity contribution in [2.24, 2.45) is 0 Å². The number of benzene rings is 4. The third kappa shape index (κ3) is 6.69. The van der Waals surface area contributed by atoms with E-state index in [1.807, 2.05) is 0 Å². The zero-order valence-electron chi connectivity index (χ0n) is 22.2. The van der Waals surface area contributed by atoms with E-state index >= 15 is 0 Å². The van der Waals surface area contributed by atoms with E-state index in [4.69, 9.17) is 9.47 Å². The van der Waals surface area contributed by atoms with Gasteiger partial charge in [0.15, 0.2) is 0 Å². The fourth-order valence-corrected chi connectivity index (χ4v) is 3.98. The number of nitro groups is 2. The van der Waals surface area contributed by atoms with E-state index in [1.54, 1.807) is 48.5 Å². The van der Waals surface area contributed by atoms with Crippen molar-refractivity contribution in [3.05, 3.63) is 105 Å². The number of urea groups is 2. The van der Waals surface area contributed by atoms with Gasteiger partial charge in [-0.2, -0.15) is 0 Å². The number of hydrogen-bond acceptors (Lipinski definition) is 8. The lowest BCUT2D eigenvalue weighted by atomic mass is 10.0. The monoisotopic (exact) mass is 572 g/mol. The number of rotatable bonds is 9. The van der Waals surface area contributed by atoms with Crippen molar-refractivity contribution < 1.29 is 28.9 Å². The number of nitrogens with zero attached hydrogens (tertiary/aromatic N) is 2. The van der Waals surface area contributed by atoms with E-state index in [2.05, 4.69) is 21.3 Å².